The molecule has 0 aliphatic carbocycles. The number of benzene rings is 8. The van der Waals surface area contributed by atoms with Crippen molar-refractivity contribution in [3.05, 3.63) is 176 Å². The van der Waals surface area contributed by atoms with Crippen molar-refractivity contribution in [2.75, 3.05) is 0 Å². The van der Waals surface area contributed by atoms with Gasteiger partial charge in [0.2, 0.25) is 0 Å². The van der Waals surface area contributed by atoms with E-state index in [2.05, 4.69) is 185 Å². The van der Waals surface area contributed by atoms with Crippen LogP contribution in [0.2, 0.25) is 0 Å². The Labute approximate surface area is 313 Å². The summed E-state index contributed by atoms with van der Waals surface area (Å²) in [4.78, 5) is 5.39. The molecule has 4 heterocycles. The average Bonchev–Trinajstić information content (AvgIpc) is 4.00. The Morgan fingerprint density at radius 1 is 0.444 bits per heavy atom. The second-order valence-electron chi connectivity index (χ2n) is 13.9. The Hall–Kier alpha value is -6.95. The van der Waals surface area contributed by atoms with Crippen LogP contribution in [0.5, 0.6) is 0 Å². The van der Waals surface area contributed by atoms with Crippen LogP contribution in [0.3, 0.4) is 0 Å². The van der Waals surface area contributed by atoms with Crippen LogP contribution in [0.15, 0.2) is 180 Å². The fourth-order valence-electron chi connectivity index (χ4n) is 8.58. The Bertz CT molecular complexity index is 3400. The van der Waals surface area contributed by atoms with E-state index >= 15 is 0 Å². The molecule has 0 amide bonds. The number of aromatic nitrogens is 3. The molecular formula is C49H29N3OS. The summed E-state index contributed by atoms with van der Waals surface area (Å²) in [5, 5.41) is 7.12. The lowest BCUT2D eigenvalue weighted by Crippen LogP contribution is -1.97. The summed E-state index contributed by atoms with van der Waals surface area (Å²) in [6, 6.07) is 63.5. The topological polar surface area (TPSA) is 35.9 Å². The maximum Gasteiger partial charge on any atom is 0.307 e. The molecule has 12 aromatic rings. The number of nitrogens with zero attached hydrogens (tertiary/aromatic N) is 3. The van der Waals surface area contributed by atoms with Crippen LogP contribution in [-0.4, -0.2) is 14.1 Å². The number of thiophene rings is 1. The van der Waals surface area contributed by atoms with E-state index in [4.69, 9.17) is 9.40 Å². The van der Waals surface area contributed by atoms with Gasteiger partial charge in [-0.25, -0.2) is 0 Å². The van der Waals surface area contributed by atoms with Crippen molar-refractivity contribution in [2.24, 2.45) is 0 Å². The molecule has 4 nitrogen and oxygen atoms in total. The lowest BCUT2D eigenvalue weighted by atomic mass is 9.97. The smallest absolute Gasteiger partial charge is 0.307 e. The van der Waals surface area contributed by atoms with Gasteiger partial charge in [-0.1, -0.05) is 127 Å². The zero-order valence-electron chi connectivity index (χ0n) is 28.9. The molecule has 0 saturated heterocycles. The van der Waals surface area contributed by atoms with Gasteiger partial charge in [-0.2, -0.15) is 4.98 Å². The minimum atomic E-state index is 0.558. The molecule has 5 heteroatoms. The van der Waals surface area contributed by atoms with Gasteiger partial charge < -0.3 is 8.98 Å². The Balaban J connectivity index is 1.13. The van der Waals surface area contributed by atoms with Gasteiger partial charge >= 0.3 is 6.01 Å². The molecule has 0 bridgehead atoms. The van der Waals surface area contributed by atoms with Gasteiger partial charge in [-0.3, -0.25) is 4.57 Å². The fourth-order valence-corrected chi connectivity index (χ4v) is 9.82. The molecule has 0 aliphatic rings. The van der Waals surface area contributed by atoms with E-state index in [1.165, 1.54) is 47.7 Å². The van der Waals surface area contributed by atoms with Gasteiger partial charge in [0.25, 0.3) is 0 Å². The highest BCUT2D eigenvalue weighted by molar-refractivity contribution is 7.26. The highest BCUT2D eigenvalue weighted by Crippen LogP contribution is 2.46. The van der Waals surface area contributed by atoms with Crippen molar-refractivity contribution in [2.45, 2.75) is 0 Å². The summed E-state index contributed by atoms with van der Waals surface area (Å²) in [7, 11) is 0. The van der Waals surface area contributed by atoms with Crippen LogP contribution >= 0.6 is 11.3 Å². The number of hydrogen-bond donors (Lipinski definition) is 0. The summed E-state index contributed by atoms with van der Waals surface area (Å²) < 4.78 is 14.0. The van der Waals surface area contributed by atoms with Gasteiger partial charge in [0.1, 0.15) is 5.52 Å². The Morgan fingerprint density at radius 2 is 1.04 bits per heavy atom. The SMILES string of the molecule is c1ccc(-c2cccc(-c3cc4oc(-n5c6ccccc6c6ccc(-n7c8ccccc8c8ccccc87)cc65)nc4c4c3sc3ccccc34)c2)cc1. The molecule has 0 unspecified atom stereocenters. The Kier molecular flexibility index (Phi) is 6.18. The monoisotopic (exact) mass is 707 g/mol. The third-order valence-corrected chi connectivity index (χ3v) is 12.2. The quantitative estimate of drug-likeness (QED) is 0.183. The number of para-hydroxylation sites is 3. The largest absolute Gasteiger partial charge is 0.423 e. The highest BCUT2D eigenvalue weighted by Gasteiger charge is 2.23. The van der Waals surface area contributed by atoms with Crippen LogP contribution in [0, 0.1) is 0 Å². The molecule has 0 saturated carbocycles. The average molecular weight is 708 g/mol. The van der Waals surface area contributed by atoms with E-state index < -0.39 is 0 Å². The van der Waals surface area contributed by atoms with E-state index in [0.717, 1.165) is 55.1 Å². The summed E-state index contributed by atoms with van der Waals surface area (Å²) in [6.45, 7) is 0. The third-order valence-electron chi connectivity index (χ3n) is 11.0. The van der Waals surface area contributed by atoms with E-state index in [9.17, 15) is 0 Å². The minimum absolute atomic E-state index is 0.558. The summed E-state index contributed by atoms with van der Waals surface area (Å²) in [6.07, 6.45) is 0. The molecule has 0 N–H and O–H groups in total. The predicted octanol–water partition coefficient (Wildman–Crippen LogP) is 13.7. The van der Waals surface area contributed by atoms with E-state index in [-0.39, 0.29) is 0 Å². The van der Waals surface area contributed by atoms with E-state index in [1.54, 1.807) is 0 Å². The van der Waals surface area contributed by atoms with Crippen molar-refractivity contribution in [1.29, 1.82) is 0 Å². The zero-order chi connectivity index (χ0) is 35.3. The van der Waals surface area contributed by atoms with Crippen LogP contribution in [0.4, 0.5) is 0 Å². The van der Waals surface area contributed by atoms with Crippen LogP contribution in [0.1, 0.15) is 0 Å². The third kappa shape index (κ3) is 4.21. The molecule has 0 atom stereocenters. The molecule has 0 spiro atoms. The zero-order valence-corrected chi connectivity index (χ0v) is 29.7. The van der Waals surface area contributed by atoms with Crippen molar-refractivity contribution < 1.29 is 4.42 Å². The van der Waals surface area contributed by atoms with Gasteiger partial charge in [0.15, 0.2) is 5.58 Å². The van der Waals surface area contributed by atoms with Gasteiger partial charge in [-0.05, 0) is 65.2 Å². The molecule has 54 heavy (non-hydrogen) atoms. The van der Waals surface area contributed by atoms with Crippen molar-refractivity contribution in [1.82, 2.24) is 14.1 Å². The number of oxazole rings is 1. The predicted molar refractivity (Wildman–Crippen MR) is 226 cm³/mol. The lowest BCUT2D eigenvalue weighted by Gasteiger charge is -2.09. The first-order chi connectivity index (χ1) is 26.8. The number of rotatable bonds is 4. The molecule has 4 aromatic heterocycles. The highest BCUT2D eigenvalue weighted by atomic mass is 32.1. The normalized spacial score (nSPS) is 12.1. The van der Waals surface area contributed by atoms with Crippen LogP contribution in [-0.2, 0) is 0 Å². The second-order valence-corrected chi connectivity index (χ2v) is 15.0. The maximum atomic E-state index is 6.95. The fraction of sp³-hybridized carbons (Fsp3) is 0. The summed E-state index contributed by atoms with van der Waals surface area (Å²) in [5.41, 5.74) is 11.9. The first kappa shape index (κ1) is 29.6. The Morgan fingerprint density at radius 3 is 1.78 bits per heavy atom. The molecule has 252 valence electrons. The number of hydrogen-bond acceptors (Lipinski definition) is 3. The molecule has 0 radical (unpaired) electrons. The van der Waals surface area contributed by atoms with Crippen LogP contribution in [0.25, 0.3) is 109 Å². The molecule has 12 rings (SSSR count). The number of fused-ring (bicyclic) bond motifs is 11. The van der Waals surface area contributed by atoms with Gasteiger partial charge in [-0.15, -0.1) is 11.3 Å². The van der Waals surface area contributed by atoms with E-state index in [1.807, 2.05) is 11.3 Å². The lowest BCUT2D eigenvalue weighted by molar-refractivity contribution is 0.574. The molecule has 8 aromatic carbocycles. The van der Waals surface area contributed by atoms with E-state index in [0.29, 0.717) is 6.01 Å². The van der Waals surface area contributed by atoms with Crippen molar-refractivity contribution in [3.8, 4) is 34.0 Å². The second kappa shape index (κ2) is 11.3. The van der Waals surface area contributed by atoms with Crippen molar-refractivity contribution >= 4 is 86.2 Å². The summed E-state index contributed by atoms with van der Waals surface area (Å²) in [5.74, 6) is 0. The first-order valence-electron chi connectivity index (χ1n) is 18.2. The standard InChI is InChI=1S/C49H29N3OS/c1-2-13-30(14-3-1)31-15-12-16-32(27-31)39-29-44-47(46-38-20-7-11-24-45(38)54-48(39)46)50-49(53-44)52-42-23-10-6-19-36(42)37-26-25-33(28-43(37)52)51-40-21-8-4-17-34(40)35-18-5-9-22-41(35)51/h1-29H. The van der Waals surface area contributed by atoms with Gasteiger partial charge in [0, 0.05) is 53.0 Å². The minimum Gasteiger partial charge on any atom is -0.423 e. The molecular weight excluding hydrogens is 679 g/mol. The maximum absolute atomic E-state index is 6.95. The van der Waals surface area contributed by atoms with Crippen LogP contribution < -0.4 is 0 Å². The van der Waals surface area contributed by atoms with Crippen molar-refractivity contribution in [3.63, 3.8) is 0 Å². The van der Waals surface area contributed by atoms with Gasteiger partial charge in [0.05, 0.1) is 22.1 Å². The first-order valence-corrected chi connectivity index (χ1v) is 19.0. The molecule has 0 aliphatic heterocycles. The molecule has 0 fully saturated rings. The summed E-state index contributed by atoms with van der Waals surface area (Å²) >= 11 is 1.82.